The number of carbonyl (C=O) groups excluding carboxylic acids is 1. The minimum absolute atomic E-state index is 0.0602. The van der Waals surface area contributed by atoms with E-state index < -0.39 is 0 Å². The summed E-state index contributed by atoms with van der Waals surface area (Å²) < 4.78 is 4.85. The third kappa shape index (κ3) is 3.20. The number of benzene rings is 2. The van der Waals surface area contributed by atoms with E-state index in [-0.39, 0.29) is 12.5 Å². The van der Waals surface area contributed by atoms with Crippen molar-refractivity contribution in [3.63, 3.8) is 0 Å². The van der Waals surface area contributed by atoms with Crippen molar-refractivity contribution in [2.45, 2.75) is 0 Å². The van der Waals surface area contributed by atoms with Gasteiger partial charge in [-0.3, -0.25) is 4.79 Å². The maximum atomic E-state index is 11.7. The van der Waals surface area contributed by atoms with Gasteiger partial charge in [0.15, 0.2) is 0 Å². The number of amides is 1. The van der Waals surface area contributed by atoms with Gasteiger partial charge in [-0.2, -0.15) is 0 Å². The summed E-state index contributed by atoms with van der Waals surface area (Å²) in [6, 6.07) is 18.1. The van der Waals surface area contributed by atoms with Gasteiger partial charge in [0.05, 0.1) is 0 Å². The van der Waals surface area contributed by atoms with Crippen LogP contribution in [0.2, 0.25) is 0 Å². The van der Waals surface area contributed by atoms with Crippen LogP contribution in [-0.2, 0) is 9.53 Å². The minimum atomic E-state index is -0.0602. The topological polar surface area (TPSA) is 29.5 Å². The Kier molecular flexibility index (Phi) is 4.31. The fourth-order valence-corrected chi connectivity index (χ4v) is 1.87. The van der Waals surface area contributed by atoms with Gasteiger partial charge in [-0.15, -0.1) is 0 Å². The Balaban J connectivity index is 2.17. The molecule has 0 unspecified atom stereocenters. The number of likely N-dealkylation sites (N-methyl/N-ethyl adjacent to an activating group) is 1. The van der Waals surface area contributed by atoms with E-state index in [1.54, 1.807) is 11.9 Å². The lowest BCUT2D eigenvalue weighted by atomic mass is 10.1. The Hall–Kier alpha value is -2.13. The molecular formula is C16H17NO2. The highest BCUT2D eigenvalue weighted by molar-refractivity contribution is 5.93. The molecule has 98 valence electrons. The molecule has 0 fully saturated rings. The molecule has 0 saturated heterocycles. The number of nitrogens with zero attached hydrogens (tertiary/aromatic N) is 1. The SMILES string of the molecule is COCC(=O)N(C)c1ccc(-c2ccccc2)cc1. The highest BCUT2D eigenvalue weighted by atomic mass is 16.5. The second-order valence-corrected chi connectivity index (χ2v) is 4.30. The molecule has 0 radical (unpaired) electrons. The second-order valence-electron chi connectivity index (χ2n) is 4.30. The Labute approximate surface area is 113 Å². The first-order chi connectivity index (χ1) is 9.22. The zero-order chi connectivity index (χ0) is 13.7. The number of anilines is 1. The molecule has 0 saturated carbocycles. The molecule has 0 aliphatic rings. The van der Waals surface area contributed by atoms with E-state index in [0.717, 1.165) is 11.3 Å². The predicted octanol–water partition coefficient (Wildman–Crippen LogP) is 2.96. The van der Waals surface area contributed by atoms with Gasteiger partial charge in [0.25, 0.3) is 5.91 Å². The predicted molar refractivity (Wildman–Crippen MR) is 77.2 cm³/mol. The van der Waals surface area contributed by atoms with Crippen molar-refractivity contribution in [3.8, 4) is 11.1 Å². The molecule has 0 spiro atoms. The molecule has 2 rings (SSSR count). The van der Waals surface area contributed by atoms with E-state index in [1.165, 1.54) is 12.7 Å². The van der Waals surface area contributed by atoms with Crippen LogP contribution in [0.25, 0.3) is 11.1 Å². The van der Waals surface area contributed by atoms with E-state index in [9.17, 15) is 4.79 Å². The number of hydrogen-bond acceptors (Lipinski definition) is 2. The van der Waals surface area contributed by atoms with Crippen molar-refractivity contribution in [2.24, 2.45) is 0 Å². The molecule has 19 heavy (non-hydrogen) atoms. The van der Waals surface area contributed by atoms with Gasteiger partial charge in [-0.1, -0.05) is 42.5 Å². The fraction of sp³-hybridized carbons (Fsp3) is 0.188. The van der Waals surface area contributed by atoms with E-state index in [1.807, 2.05) is 42.5 Å². The molecule has 0 atom stereocenters. The Morgan fingerprint density at radius 3 is 2.16 bits per heavy atom. The molecule has 0 heterocycles. The summed E-state index contributed by atoms with van der Waals surface area (Å²) in [5.41, 5.74) is 3.17. The molecule has 2 aromatic carbocycles. The molecule has 3 nitrogen and oxygen atoms in total. The number of rotatable bonds is 4. The number of hydrogen-bond donors (Lipinski definition) is 0. The first-order valence-electron chi connectivity index (χ1n) is 6.13. The van der Waals surface area contributed by atoms with Crippen LogP contribution in [0.3, 0.4) is 0 Å². The summed E-state index contributed by atoms with van der Waals surface area (Å²) in [4.78, 5) is 13.3. The van der Waals surface area contributed by atoms with Crippen LogP contribution < -0.4 is 4.90 Å². The third-order valence-electron chi connectivity index (χ3n) is 3.00. The molecule has 0 aliphatic heterocycles. The fourth-order valence-electron chi connectivity index (χ4n) is 1.87. The lowest BCUT2D eigenvalue weighted by Gasteiger charge is -2.17. The number of methoxy groups -OCH3 is 1. The lowest BCUT2D eigenvalue weighted by molar-refractivity contribution is -0.121. The smallest absolute Gasteiger partial charge is 0.252 e. The lowest BCUT2D eigenvalue weighted by Crippen LogP contribution is -2.29. The Bertz CT molecular complexity index is 534. The summed E-state index contributed by atoms with van der Waals surface area (Å²) in [6.45, 7) is 0.0942. The van der Waals surface area contributed by atoms with Crippen molar-refractivity contribution in [3.05, 3.63) is 54.6 Å². The highest BCUT2D eigenvalue weighted by Gasteiger charge is 2.10. The molecule has 3 heteroatoms. The zero-order valence-electron chi connectivity index (χ0n) is 11.2. The van der Waals surface area contributed by atoms with Crippen LogP contribution in [-0.4, -0.2) is 26.7 Å². The number of carbonyl (C=O) groups is 1. The van der Waals surface area contributed by atoms with Gasteiger partial charge in [0.1, 0.15) is 6.61 Å². The summed E-state index contributed by atoms with van der Waals surface area (Å²) in [7, 11) is 3.27. The molecule has 0 N–H and O–H groups in total. The number of ether oxygens (including phenoxy) is 1. The quantitative estimate of drug-likeness (QED) is 0.840. The van der Waals surface area contributed by atoms with E-state index in [4.69, 9.17) is 4.74 Å². The molecule has 0 aromatic heterocycles. The van der Waals surface area contributed by atoms with E-state index >= 15 is 0 Å². The first kappa shape index (κ1) is 13.3. The van der Waals surface area contributed by atoms with Crippen molar-refractivity contribution in [1.82, 2.24) is 0 Å². The Morgan fingerprint density at radius 1 is 1.00 bits per heavy atom. The van der Waals surface area contributed by atoms with Gasteiger partial charge >= 0.3 is 0 Å². The van der Waals surface area contributed by atoms with E-state index in [2.05, 4.69) is 12.1 Å². The van der Waals surface area contributed by atoms with Crippen molar-refractivity contribution in [1.29, 1.82) is 0 Å². The van der Waals surface area contributed by atoms with Gasteiger partial charge in [-0.05, 0) is 23.3 Å². The standard InChI is InChI=1S/C16H17NO2/c1-17(16(18)12-19-2)15-10-8-14(9-11-15)13-6-4-3-5-7-13/h3-11H,12H2,1-2H3. The molecular weight excluding hydrogens is 238 g/mol. The normalized spacial score (nSPS) is 10.2. The Morgan fingerprint density at radius 2 is 1.58 bits per heavy atom. The maximum absolute atomic E-state index is 11.7. The third-order valence-corrected chi connectivity index (χ3v) is 3.00. The summed E-state index contributed by atoms with van der Waals surface area (Å²) >= 11 is 0. The summed E-state index contributed by atoms with van der Waals surface area (Å²) in [6.07, 6.45) is 0. The average molecular weight is 255 g/mol. The van der Waals surface area contributed by atoms with Crippen molar-refractivity contribution < 1.29 is 9.53 Å². The van der Waals surface area contributed by atoms with Gasteiger partial charge in [0.2, 0.25) is 0 Å². The molecule has 1 amide bonds. The minimum Gasteiger partial charge on any atom is -0.375 e. The van der Waals surface area contributed by atoms with Crippen LogP contribution in [0.5, 0.6) is 0 Å². The van der Waals surface area contributed by atoms with Crippen LogP contribution in [0.4, 0.5) is 5.69 Å². The van der Waals surface area contributed by atoms with Gasteiger partial charge in [0, 0.05) is 19.8 Å². The van der Waals surface area contributed by atoms with Crippen LogP contribution in [0.1, 0.15) is 0 Å². The van der Waals surface area contributed by atoms with Crippen LogP contribution in [0, 0.1) is 0 Å². The van der Waals surface area contributed by atoms with Crippen molar-refractivity contribution >= 4 is 11.6 Å². The molecule has 0 bridgehead atoms. The maximum Gasteiger partial charge on any atom is 0.252 e. The largest absolute Gasteiger partial charge is 0.375 e. The second kappa shape index (κ2) is 6.16. The zero-order valence-corrected chi connectivity index (χ0v) is 11.2. The van der Waals surface area contributed by atoms with Gasteiger partial charge in [-0.25, -0.2) is 0 Å². The highest BCUT2D eigenvalue weighted by Crippen LogP contribution is 2.22. The van der Waals surface area contributed by atoms with Crippen LogP contribution in [0.15, 0.2) is 54.6 Å². The van der Waals surface area contributed by atoms with Crippen LogP contribution >= 0.6 is 0 Å². The molecule has 2 aromatic rings. The van der Waals surface area contributed by atoms with Crippen molar-refractivity contribution in [2.75, 3.05) is 25.7 Å². The summed E-state index contributed by atoms with van der Waals surface area (Å²) in [5.74, 6) is -0.0602. The average Bonchev–Trinajstić information content (AvgIpc) is 2.48. The molecule has 0 aliphatic carbocycles. The first-order valence-corrected chi connectivity index (χ1v) is 6.13. The van der Waals surface area contributed by atoms with Gasteiger partial charge < -0.3 is 9.64 Å². The van der Waals surface area contributed by atoms with E-state index in [0.29, 0.717) is 0 Å². The monoisotopic (exact) mass is 255 g/mol. The summed E-state index contributed by atoms with van der Waals surface area (Å²) in [5, 5.41) is 0.